The Kier molecular flexibility index (Phi) is 5.81. The Morgan fingerprint density at radius 3 is 2.89 bits per heavy atom. The third-order valence-corrected chi connectivity index (χ3v) is 5.88. The topological polar surface area (TPSA) is 26.5 Å². The molecule has 1 aliphatic rings. The van der Waals surface area contributed by atoms with Gasteiger partial charge in [0, 0.05) is 23.3 Å². The van der Waals surface area contributed by atoms with Crippen molar-refractivity contribution in [1.29, 1.82) is 0 Å². The van der Waals surface area contributed by atoms with Gasteiger partial charge in [-0.25, -0.2) is 9.38 Å². The third kappa shape index (κ3) is 4.47. The van der Waals surface area contributed by atoms with Crippen molar-refractivity contribution >= 4 is 17.7 Å². The maximum atomic E-state index is 14.0. The SMILES string of the molecule is Cc1cccc(CSCC2COC(c3cccn3Cc3ccccc3F)=N2)c1. The summed E-state index contributed by atoms with van der Waals surface area (Å²) in [6.07, 6.45) is 1.94. The summed E-state index contributed by atoms with van der Waals surface area (Å²) in [6, 6.07) is 19.5. The van der Waals surface area contributed by atoms with Crippen LogP contribution in [0, 0.1) is 12.7 Å². The van der Waals surface area contributed by atoms with Crippen molar-refractivity contribution in [3.05, 3.63) is 95.1 Å². The number of aliphatic imine (C=N–C) groups is 1. The Hall–Kier alpha value is -2.53. The van der Waals surface area contributed by atoms with E-state index in [9.17, 15) is 4.39 Å². The molecule has 0 saturated carbocycles. The van der Waals surface area contributed by atoms with E-state index in [4.69, 9.17) is 9.73 Å². The number of thioether (sulfide) groups is 1. The van der Waals surface area contributed by atoms with Crippen LogP contribution in [0.1, 0.15) is 22.4 Å². The van der Waals surface area contributed by atoms with Gasteiger partial charge in [0.15, 0.2) is 0 Å². The lowest BCUT2D eigenvalue weighted by molar-refractivity contribution is 0.323. The Balaban J connectivity index is 1.38. The van der Waals surface area contributed by atoms with E-state index in [1.807, 2.05) is 40.7 Å². The van der Waals surface area contributed by atoms with Gasteiger partial charge >= 0.3 is 0 Å². The van der Waals surface area contributed by atoms with Crippen LogP contribution in [0.4, 0.5) is 4.39 Å². The molecular formula is C23H23FN2OS. The Morgan fingerprint density at radius 1 is 1.14 bits per heavy atom. The Bertz CT molecular complexity index is 982. The summed E-state index contributed by atoms with van der Waals surface area (Å²) in [4.78, 5) is 4.76. The molecule has 1 aromatic heterocycles. The molecule has 1 atom stereocenters. The second-order valence-corrected chi connectivity index (χ2v) is 8.05. The fourth-order valence-electron chi connectivity index (χ4n) is 3.31. The zero-order valence-electron chi connectivity index (χ0n) is 15.8. The van der Waals surface area contributed by atoms with E-state index >= 15 is 0 Å². The lowest BCUT2D eigenvalue weighted by Crippen LogP contribution is -2.11. The average molecular weight is 395 g/mol. The quantitative estimate of drug-likeness (QED) is 0.560. The molecule has 1 aliphatic heterocycles. The fraction of sp³-hybridized carbons (Fsp3) is 0.261. The summed E-state index contributed by atoms with van der Waals surface area (Å²) in [5, 5.41) is 0. The van der Waals surface area contributed by atoms with Gasteiger partial charge in [-0.15, -0.1) is 0 Å². The van der Waals surface area contributed by atoms with Crippen LogP contribution in [-0.4, -0.2) is 28.9 Å². The van der Waals surface area contributed by atoms with Gasteiger partial charge in [-0.1, -0.05) is 48.0 Å². The number of aryl methyl sites for hydroxylation is 1. The molecule has 0 fully saturated rings. The van der Waals surface area contributed by atoms with Crippen molar-refractivity contribution in [1.82, 2.24) is 4.57 Å². The van der Waals surface area contributed by atoms with Crippen molar-refractivity contribution in [2.75, 3.05) is 12.4 Å². The highest BCUT2D eigenvalue weighted by atomic mass is 32.2. The summed E-state index contributed by atoms with van der Waals surface area (Å²) in [5.41, 5.74) is 4.18. The van der Waals surface area contributed by atoms with Crippen LogP contribution in [0.25, 0.3) is 0 Å². The van der Waals surface area contributed by atoms with Gasteiger partial charge in [-0.05, 0) is 30.7 Å². The molecule has 3 aromatic rings. The second-order valence-electron chi connectivity index (χ2n) is 7.02. The molecule has 0 N–H and O–H groups in total. The van der Waals surface area contributed by atoms with Crippen LogP contribution < -0.4 is 0 Å². The molecule has 2 heterocycles. The number of rotatable bonds is 7. The molecule has 28 heavy (non-hydrogen) atoms. The maximum absolute atomic E-state index is 14.0. The van der Waals surface area contributed by atoms with Crippen molar-refractivity contribution in [3.8, 4) is 0 Å². The zero-order valence-corrected chi connectivity index (χ0v) is 16.7. The monoisotopic (exact) mass is 394 g/mol. The molecule has 2 aromatic carbocycles. The van der Waals surface area contributed by atoms with Crippen LogP contribution in [-0.2, 0) is 17.0 Å². The van der Waals surface area contributed by atoms with E-state index in [1.165, 1.54) is 17.2 Å². The first-order valence-corrected chi connectivity index (χ1v) is 10.6. The molecule has 0 amide bonds. The summed E-state index contributed by atoms with van der Waals surface area (Å²) in [6.45, 7) is 3.18. The predicted octanol–water partition coefficient (Wildman–Crippen LogP) is 5.06. The molecular weight excluding hydrogens is 371 g/mol. The zero-order chi connectivity index (χ0) is 19.3. The first-order chi connectivity index (χ1) is 13.7. The van der Waals surface area contributed by atoms with Crippen LogP contribution in [0.2, 0.25) is 0 Å². The average Bonchev–Trinajstić information content (AvgIpc) is 3.33. The van der Waals surface area contributed by atoms with E-state index in [-0.39, 0.29) is 11.9 Å². The normalized spacial score (nSPS) is 16.1. The fourth-order valence-corrected chi connectivity index (χ4v) is 4.29. The minimum atomic E-state index is -0.193. The number of aromatic nitrogens is 1. The molecule has 1 unspecified atom stereocenters. The highest BCUT2D eigenvalue weighted by molar-refractivity contribution is 7.98. The minimum absolute atomic E-state index is 0.154. The van der Waals surface area contributed by atoms with Crippen LogP contribution >= 0.6 is 11.8 Å². The standard InChI is InChI=1S/C23H23FN2OS/c1-17-6-4-7-18(12-17)15-28-16-20-14-27-23(25-20)22-10-5-11-26(22)13-19-8-2-3-9-21(19)24/h2-12,20H,13-16H2,1H3. The van der Waals surface area contributed by atoms with Gasteiger partial charge in [0.2, 0.25) is 5.90 Å². The molecule has 0 spiro atoms. The highest BCUT2D eigenvalue weighted by Gasteiger charge is 2.22. The maximum Gasteiger partial charge on any atom is 0.233 e. The Labute approximate surface area is 169 Å². The van der Waals surface area contributed by atoms with Crippen LogP contribution in [0.15, 0.2) is 71.9 Å². The third-order valence-electron chi connectivity index (χ3n) is 4.72. The largest absolute Gasteiger partial charge is 0.474 e. The van der Waals surface area contributed by atoms with E-state index < -0.39 is 0 Å². The number of ether oxygens (including phenoxy) is 1. The van der Waals surface area contributed by atoms with Gasteiger partial charge in [-0.3, -0.25) is 0 Å². The number of hydrogen-bond donors (Lipinski definition) is 0. The first kappa shape index (κ1) is 18.8. The highest BCUT2D eigenvalue weighted by Crippen LogP contribution is 2.20. The summed E-state index contributed by atoms with van der Waals surface area (Å²) >= 11 is 1.88. The molecule has 144 valence electrons. The summed E-state index contributed by atoms with van der Waals surface area (Å²) in [7, 11) is 0. The Morgan fingerprint density at radius 2 is 2.04 bits per heavy atom. The van der Waals surface area contributed by atoms with Gasteiger partial charge in [-0.2, -0.15) is 11.8 Å². The van der Waals surface area contributed by atoms with Crippen LogP contribution in [0.3, 0.4) is 0 Å². The number of halogens is 1. The number of hydrogen-bond acceptors (Lipinski definition) is 3. The summed E-state index contributed by atoms with van der Waals surface area (Å²) in [5.74, 6) is 2.36. The molecule has 5 heteroatoms. The van der Waals surface area contributed by atoms with Crippen molar-refractivity contribution in [2.45, 2.75) is 25.3 Å². The molecule has 0 saturated heterocycles. The van der Waals surface area contributed by atoms with E-state index in [2.05, 4.69) is 31.2 Å². The van der Waals surface area contributed by atoms with Crippen molar-refractivity contribution in [2.24, 2.45) is 4.99 Å². The lowest BCUT2D eigenvalue weighted by Gasteiger charge is -2.09. The number of benzene rings is 2. The molecule has 0 aliphatic carbocycles. The molecule has 3 nitrogen and oxygen atoms in total. The molecule has 4 rings (SSSR count). The lowest BCUT2D eigenvalue weighted by atomic mass is 10.2. The van der Waals surface area contributed by atoms with E-state index in [1.54, 1.807) is 12.1 Å². The van der Waals surface area contributed by atoms with E-state index in [0.717, 1.165) is 17.2 Å². The van der Waals surface area contributed by atoms with Gasteiger partial charge in [0.25, 0.3) is 0 Å². The number of nitrogens with zero attached hydrogens (tertiary/aromatic N) is 2. The molecule has 0 radical (unpaired) electrons. The van der Waals surface area contributed by atoms with Gasteiger partial charge in [0.05, 0.1) is 12.6 Å². The van der Waals surface area contributed by atoms with Crippen molar-refractivity contribution in [3.63, 3.8) is 0 Å². The summed E-state index contributed by atoms with van der Waals surface area (Å²) < 4.78 is 21.8. The van der Waals surface area contributed by atoms with Gasteiger partial charge in [0.1, 0.15) is 18.1 Å². The van der Waals surface area contributed by atoms with Gasteiger partial charge < -0.3 is 9.30 Å². The van der Waals surface area contributed by atoms with E-state index in [0.29, 0.717) is 24.6 Å². The first-order valence-electron chi connectivity index (χ1n) is 9.42. The predicted molar refractivity (Wildman–Crippen MR) is 114 cm³/mol. The minimum Gasteiger partial charge on any atom is -0.474 e. The van der Waals surface area contributed by atoms with Crippen molar-refractivity contribution < 1.29 is 9.13 Å². The smallest absolute Gasteiger partial charge is 0.233 e. The van der Waals surface area contributed by atoms with Crippen LogP contribution in [0.5, 0.6) is 0 Å². The molecule has 0 bridgehead atoms. The second kappa shape index (κ2) is 8.65.